The molecule has 0 amide bonds. The summed E-state index contributed by atoms with van der Waals surface area (Å²) in [5.41, 5.74) is 4.21. The number of alkyl halides is 3. The van der Waals surface area contributed by atoms with E-state index in [0.29, 0.717) is 12.8 Å². The Hall–Kier alpha value is -1.45. The zero-order valence-electron chi connectivity index (χ0n) is 9.78. The molecule has 0 saturated heterocycles. The maximum atomic E-state index is 12.5. The lowest BCUT2D eigenvalue weighted by molar-refractivity contribution is -0.137. The zero-order chi connectivity index (χ0) is 13.3. The lowest BCUT2D eigenvalue weighted by Gasteiger charge is -2.32. The standard InChI is InChI=1S/C12H11F3N2O.ClH/c13-12(14,15)11-2-1-9(3-7(11)6-16)18-10-4-8(17)5-10;/h1-3,8,10H,4-5,17H2;1H. The van der Waals surface area contributed by atoms with Crippen LogP contribution in [0, 0.1) is 11.3 Å². The molecule has 2 N–H and O–H groups in total. The molecule has 3 nitrogen and oxygen atoms in total. The van der Waals surface area contributed by atoms with Gasteiger partial charge >= 0.3 is 6.18 Å². The molecule has 0 bridgehead atoms. The first kappa shape index (κ1) is 15.6. The molecule has 1 aliphatic rings. The number of nitrogens with two attached hydrogens (primary N) is 1. The SMILES string of the molecule is Cl.N#Cc1cc(OC2CC(N)C2)ccc1C(F)(F)F. The predicted molar refractivity (Wildman–Crippen MR) is 65.0 cm³/mol. The van der Waals surface area contributed by atoms with Gasteiger partial charge in [0.1, 0.15) is 11.9 Å². The highest BCUT2D eigenvalue weighted by Gasteiger charge is 2.34. The molecule has 1 fully saturated rings. The van der Waals surface area contributed by atoms with E-state index >= 15 is 0 Å². The van der Waals surface area contributed by atoms with Crippen LogP contribution in [0.1, 0.15) is 24.0 Å². The summed E-state index contributed by atoms with van der Waals surface area (Å²) in [5, 5.41) is 8.73. The number of ether oxygens (including phenoxy) is 1. The molecule has 104 valence electrons. The van der Waals surface area contributed by atoms with Crippen molar-refractivity contribution >= 4 is 12.4 Å². The zero-order valence-corrected chi connectivity index (χ0v) is 10.6. The second-order valence-corrected chi connectivity index (χ2v) is 4.29. The van der Waals surface area contributed by atoms with Gasteiger partial charge in [-0.2, -0.15) is 18.4 Å². The van der Waals surface area contributed by atoms with Crippen molar-refractivity contribution in [1.29, 1.82) is 5.26 Å². The third-order valence-corrected chi connectivity index (χ3v) is 2.85. The molecule has 0 heterocycles. The molecule has 1 aromatic carbocycles. The van der Waals surface area contributed by atoms with Gasteiger partial charge in [-0.05, 0) is 31.0 Å². The van der Waals surface area contributed by atoms with E-state index < -0.39 is 17.3 Å². The number of hydrogen-bond acceptors (Lipinski definition) is 3. The van der Waals surface area contributed by atoms with Crippen molar-refractivity contribution in [2.45, 2.75) is 31.2 Å². The average Bonchev–Trinajstić information content (AvgIpc) is 2.25. The van der Waals surface area contributed by atoms with Crippen molar-refractivity contribution < 1.29 is 17.9 Å². The summed E-state index contributed by atoms with van der Waals surface area (Å²) in [7, 11) is 0. The molecule has 0 aliphatic heterocycles. The maximum Gasteiger partial charge on any atom is 0.417 e. The second-order valence-electron chi connectivity index (χ2n) is 4.29. The topological polar surface area (TPSA) is 59.0 Å². The molecule has 7 heteroatoms. The van der Waals surface area contributed by atoms with Crippen LogP contribution in [0.2, 0.25) is 0 Å². The summed E-state index contributed by atoms with van der Waals surface area (Å²) < 4.78 is 43.1. The van der Waals surface area contributed by atoms with Crippen LogP contribution >= 0.6 is 12.4 Å². The van der Waals surface area contributed by atoms with Crippen molar-refractivity contribution in [3.05, 3.63) is 29.3 Å². The van der Waals surface area contributed by atoms with Crippen LogP contribution < -0.4 is 10.5 Å². The molecule has 2 rings (SSSR count). The summed E-state index contributed by atoms with van der Waals surface area (Å²) in [4.78, 5) is 0. The number of nitrogens with zero attached hydrogens (tertiary/aromatic N) is 1. The van der Waals surface area contributed by atoms with Gasteiger partial charge in [0, 0.05) is 6.04 Å². The molecular weight excluding hydrogens is 281 g/mol. The van der Waals surface area contributed by atoms with Gasteiger partial charge in [0.05, 0.1) is 17.2 Å². The fraction of sp³-hybridized carbons (Fsp3) is 0.417. The van der Waals surface area contributed by atoms with E-state index in [1.54, 1.807) is 0 Å². The van der Waals surface area contributed by atoms with Gasteiger partial charge in [-0.1, -0.05) is 0 Å². The Balaban J connectivity index is 0.00000180. The number of nitriles is 1. The Morgan fingerprint density at radius 2 is 1.95 bits per heavy atom. The monoisotopic (exact) mass is 292 g/mol. The lowest BCUT2D eigenvalue weighted by Crippen LogP contribution is -2.43. The van der Waals surface area contributed by atoms with Crippen LogP contribution in [0.3, 0.4) is 0 Å². The molecule has 0 aromatic heterocycles. The van der Waals surface area contributed by atoms with Crippen LogP contribution in [0.4, 0.5) is 13.2 Å². The fourth-order valence-electron chi connectivity index (χ4n) is 1.83. The number of hydrogen-bond donors (Lipinski definition) is 1. The highest BCUT2D eigenvalue weighted by Crippen LogP contribution is 2.34. The minimum Gasteiger partial charge on any atom is -0.490 e. The van der Waals surface area contributed by atoms with Gasteiger partial charge in [0.15, 0.2) is 0 Å². The van der Waals surface area contributed by atoms with Crippen LogP contribution in [-0.4, -0.2) is 12.1 Å². The largest absolute Gasteiger partial charge is 0.490 e. The van der Waals surface area contributed by atoms with E-state index in [-0.39, 0.29) is 30.3 Å². The van der Waals surface area contributed by atoms with Gasteiger partial charge in [0.25, 0.3) is 0 Å². The molecule has 0 atom stereocenters. The Morgan fingerprint density at radius 3 is 2.42 bits per heavy atom. The van der Waals surface area contributed by atoms with Crippen molar-refractivity contribution in [3.8, 4) is 11.8 Å². The molecule has 1 saturated carbocycles. The average molecular weight is 293 g/mol. The van der Waals surface area contributed by atoms with Crippen LogP contribution in [0.5, 0.6) is 5.75 Å². The second kappa shape index (κ2) is 5.68. The van der Waals surface area contributed by atoms with E-state index in [4.69, 9.17) is 15.7 Å². The molecule has 0 radical (unpaired) electrons. The first-order valence-electron chi connectivity index (χ1n) is 5.43. The Morgan fingerprint density at radius 1 is 1.32 bits per heavy atom. The minimum atomic E-state index is -4.53. The number of benzene rings is 1. The Kier molecular flexibility index (Phi) is 4.66. The Bertz CT molecular complexity index is 493. The number of halogens is 4. The lowest BCUT2D eigenvalue weighted by atomic mass is 9.90. The van der Waals surface area contributed by atoms with Gasteiger partial charge in [-0.3, -0.25) is 0 Å². The smallest absolute Gasteiger partial charge is 0.417 e. The highest BCUT2D eigenvalue weighted by molar-refractivity contribution is 5.85. The van der Waals surface area contributed by atoms with Crippen LogP contribution in [0.15, 0.2) is 18.2 Å². The van der Waals surface area contributed by atoms with E-state index in [1.165, 1.54) is 12.1 Å². The van der Waals surface area contributed by atoms with Crippen molar-refractivity contribution in [1.82, 2.24) is 0 Å². The molecule has 19 heavy (non-hydrogen) atoms. The van der Waals surface area contributed by atoms with Crippen LogP contribution in [0.25, 0.3) is 0 Å². The van der Waals surface area contributed by atoms with E-state index in [1.807, 2.05) is 0 Å². The van der Waals surface area contributed by atoms with E-state index in [9.17, 15) is 13.2 Å². The normalized spacial score (nSPS) is 21.8. The highest BCUT2D eigenvalue weighted by atomic mass is 35.5. The predicted octanol–water partition coefficient (Wildman–Crippen LogP) is 2.87. The van der Waals surface area contributed by atoms with E-state index in [0.717, 1.165) is 12.1 Å². The maximum absolute atomic E-state index is 12.5. The summed E-state index contributed by atoms with van der Waals surface area (Å²) >= 11 is 0. The number of rotatable bonds is 2. The summed E-state index contributed by atoms with van der Waals surface area (Å²) in [5.74, 6) is 0.274. The first-order chi connectivity index (χ1) is 8.40. The summed E-state index contributed by atoms with van der Waals surface area (Å²) in [6, 6.07) is 4.85. The van der Waals surface area contributed by atoms with E-state index in [2.05, 4.69) is 0 Å². The molecule has 1 aliphatic carbocycles. The molecule has 0 spiro atoms. The van der Waals surface area contributed by atoms with Gasteiger partial charge in [-0.25, -0.2) is 0 Å². The fourth-order valence-corrected chi connectivity index (χ4v) is 1.83. The van der Waals surface area contributed by atoms with Crippen LogP contribution in [-0.2, 0) is 6.18 Å². The van der Waals surface area contributed by atoms with Crippen molar-refractivity contribution in [2.24, 2.45) is 5.73 Å². The van der Waals surface area contributed by atoms with Crippen molar-refractivity contribution in [2.75, 3.05) is 0 Å². The van der Waals surface area contributed by atoms with Gasteiger partial charge < -0.3 is 10.5 Å². The van der Waals surface area contributed by atoms with Crippen molar-refractivity contribution in [3.63, 3.8) is 0 Å². The first-order valence-corrected chi connectivity index (χ1v) is 5.43. The molecule has 0 unspecified atom stereocenters. The molecular formula is C12H12ClF3N2O. The molecule has 1 aromatic rings. The van der Waals surface area contributed by atoms with Gasteiger partial charge in [0.2, 0.25) is 0 Å². The third-order valence-electron chi connectivity index (χ3n) is 2.85. The Labute approximate surface area is 114 Å². The summed E-state index contributed by atoms with van der Waals surface area (Å²) in [6.45, 7) is 0. The third kappa shape index (κ3) is 3.52. The summed E-state index contributed by atoms with van der Waals surface area (Å²) in [6.07, 6.45) is -3.22. The minimum absolute atomic E-state index is 0. The van der Waals surface area contributed by atoms with Gasteiger partial charge in [-0.15, -0.1) is 12.4 Å². The quantitative estimate of drug-likeness (QED) is 0.912.